The van der Waals surface area contributed by atoms with Gasteiger partial charge in [-0.25, -0.2) is 4.98 Å². The van der Waals surface area contributed by atoms with Gasteiger partial charge in [0.2, 0.25) is 0 Å². The molecule has 0 fully saturated rings. The maximum Gasteiger partial charge on any atom is 0.180 e. The first-order chi connectivity index (χ1) is 7.74. The highest BCUT2D eigenvalue weighted by Gasteiger charge is 2.24. The van der Waals surface area contributed by atoms with Gasteiger partial charge in [-0.15, -0.1) is 11.3 Å². The first-order valence-corrected chi connectivity index (χ1v) is 6.68. The van der Waals surface area contributed by atoms with E-state index in [0.717, 1.165) is 19.4 Å². The summed E-state index contributed by atoms with van der Waals surface area (Å²) in [5.74, 6) is 0. The van der Waals surface area contributed by atoms with Crippen molar-refractivity contribution in [2.75, 3.05) is 12.3 Å². The van der Waals surface area contributed by atoms with Crippen LogP contribution in [0.25, 0.3) is 0 Å². The third kappa shape index (κ3) is 2.21. The Hall–Kier alpha value is -1.03. The average molecular weight is 237 g/mol. The van der Waals surface area contributed by atoms with Crippen molar-refractivity contribution in [3.8, 4) is 0 Å². The lowest BCUT2D eigenvalue weighted by Crippen LogP contribution is -2.35. The minimum Gasteiger partial charge on any atom is -0.375 e. The maximum absolute atomic E-state index is 5.74. The smallest absolute Gasteiger partial charge is 0.180 e. The van der Waals surface area contributed by atoms with Crippen LogP contribution in [0.15, 0.2) is 12.8 Å². The van der Waals surface area contributed by atoms with Crippen LogP contribution < -0.4 is 5.73 Å². The monoisotopic (exact) mass is 237 g/mol. The van der Waals surface area contributed by atoms with Crippen LogP contribution in [-0.2, 0) is 12.8 Å². The molecule has 1 aromatic heterocycles. The van der Waals surface area contributed by atoms with E-state index in [9.17, 15) is 0 Å². The van der Waals surface area contributed by atoms with Crippen LogP contribution in [0.3, 0.4) is 0 Å². The molecule has 4 heteroatoms. The molecule has 88 valence electrons. The van der Waals surface area contributed by atoms with Gasteiger partial charge in [-0.3, -0.25) is 0 Å². The van der Waals surface area contributed by atoms with Crippen molar-refractivity contribution in [1.82, 2.24) is 9.88 Å². The number of rotatable bonds is 4. The predicted octanol–water partition coefficient (Wildman–Crippen LogP) is 2.44. The maximum atomic E-state index is 5.74. The standard InChI is InChI=1S/C12H19N3S/c1-3-7-15(4-2)9-5-6-10-11(8-9)16-12(13)14-10/h4,9H,2-3,5-8H2,1H3,(H2,13,14). The molecule has 1 heterocycles. The molecule has 1 atom stereocenters. The van der Waals surface area contributed by atoms with E-state index in [1.54, 1.807) is 11.3 Å². The summed E-state index contributed by atoms with van der Waals surface area (Å²) >= 11 is 1.65. The average Bonchev–Trinajstić information content (AvgIpc) is 2.64. The van der Waals surface area contributed by atoms with Crippen LogP contribution in [-0.4, -0.2) is 22.5 Å². The largest absolute Gasteiger partial charge is 0.375 e. The van der Waals surface area contributed by atoms with E-state index in [4.69, 9.17) is 5.73 Å². The van der Waals surface area contributed by atoms with Gasteiger partial charge in [0.25, 0.3) is 0 Å². The molecule has 2 rings (SSSR count). The normalized spacial score (nSPS) is 19.2. The molecule has 0 radical (unpaired) electrons. The fourth-order valence-corrected chi connectivity index (χ4v) is 3.29. The molecule has 1 unspecified atom stereocenters. The van der Waals surface area contributed by atoms with Gasteiger partial charge in [0.15, 0.2) is 5.13 Å². The summed E-state index contributed by atoms with van der Waals surface area (Å²) in [6, 6.07) is 0.588. The zero-order chi connectivity index (χ0) is 11.5. The molecule has 16 heavy (non-hydrogen) atoms. The van der Waals surface area contributed by atoms with Gasteiger partial charge in [-0.05, 0) is 25.5 Å². The molecular formula is C12H19N3S. The summed E-state index contributed by atoms with van der Waals surface area (Å²) < 4.78 is 0. The van der Waals surface area contributed by atoms with Gasteiger partial charge >= 0.3 is 0 Å². The third-order valence-corrected chi connectivity index (χ3v) is 4.06. The summed E-state index contributed by atoms with van der Waals surface area (Å²) in [6.45, 7) is 7.20. The zero-order valence-corrected chi connectivity index (χ0v) is 10.6. The van der Waals surface area contributed by atoms with E-state index in [0.29, 0.717) is 11.2 Å². The number of thiazole rings is 1. The Kier molecular flexibility index (Phi) is 3.49. The lowest BCUT2D eigenvalue weighted by Gasteiger charge is -2.32. The number of nitrogens with two attached hydrogens (primary N) is 1. The fraction of sp³-hybridized carbons (Fsp3) is 0.583. The molecule has 0 spiro atoms. The Bertz CT molecular complexity index is 372. The molecule has 0 bridgehead atoms. The van der Waals surface area contributed by atoms with E-state index >= 15 is 0 Å². The van der Waals surface area contributed by atoms with Crippen LogP contribution in [0, 0.1) is 0 Å². The topological polar surface area (TPSA) is 42.2 Å². The molecule has 0 amide bonds. The van der Waals surface area contributed by atoms with Crippen LogP contribution in [0.2, 0.25) is 0 Å². The SMILES string of the molecule is C=CN(CCC)C1CCc2nc(N)sc2C1. The Morgan fingerprint density at radius 1 is 1.69 bits per heavy atom. The first-order valence-electron chi connectivity index (χ1n) is 5.87. The van der Waals surface area contributed by atoms with Crippen molar-refractivity contribution in [3.05, 3.63) is 23.3 Å². The van der Waals surface area contributed by atoms with Gasteiger partial charge in [-0.2, -0.15) is 0 Å². The van der Waals surface area contributed by atoms with Crippen LogP contribution in [0.5, 0.6) is 0 Å². The van der Waals surface area contributed by atoms with Crippen molar-refractivity contribution in [1.29, 1.82) is 0 Å². The summed E-state index contributed by atoms with van der Waals surface area (Å²) in [7, 11) is 0. The molecule has 1 aliphatic carbocycles. The second kappa shape index (κ2) is 4.87. The number of anilines is 1. The molecule has 0 aromatic carbocycles. The quantitative estimate of drug-likeness (QED) is 0.874. The first kappa shape index (κ1) is 11.5. The summed E-state index contributed by atoms with van der Waals surface area (Å²) in [6.07, 6.45) is 6.45. The molecule has 1 aliphatic rings. The number of hydrogen-bond acceptors (Lipinski definition) is 4. The molecule has 1 aromatic rings. The van der Waals surface area contributed by atoms with Crippen molar-refractivity contribution in [2.45, 2.75) is 38.6 Å². The van der Waals surface area contributed by atoms with Crippen LogP contribution in [0.1, 0.15) is 30.3 Å². The van der Waals surface area contributed by atoms with Gasteiger partial charge in [0.05, 0.1) is 5.69 Å². The molecule has 0 saturated heterocycles. The zero-order valence-electron chi connectivity index (χ0n) is 9.78. The summed E-state index contributed by atoms with van der Waals surface area (Å²) in [4.78, 5) is 8.10. The van der Waals surface area contributed by atoms with Crippen molar-refractivity contribution < 1.29 is 0 Å². The van der Waals surface area contributed by atoms with Crippen molar-refractivity contribution in [3.63, 3.8) is 0 Å². The summed E-state index contributed by atoms with van der Waals surface area (Å²) in [5.41, 5.74) is 6.97. The lowest BCUT2D eigenvalue weighted by molar-refractivity contribution is 0.254. The summed E-state index contributed by atoms with van der Waals surface area (Å²) in [5, 5.41) is 0.714. The van der Waals surface area contributed by atoms with Crippen LogP contribution >= 0.6 is 11.3 Å². The predicted molar refractivity (Wildman–Crippen MR) is 69.5 cm³/mol. The minimum atomic E-state index is 0.588. The number of hydrogen-bond donors (Lipinski definition) is 1. The van der Waals surface area contributed by atoms with E-state index in [1.165, 1.54) is 23.4 Å². The number of aromatic nitrogens is 1. The Labute approximate surface area is 101 Å². The molecule has 3 nitrogen and oxygen atoms in total. The lowest BCUT2D eigenvalue weighted by atomic mass is 9.96. The molecule has 0 aliphatic heterocycles. The molecular weight excluding hydrogens is 218 g/mol. The van der Waals surface area contributed by atoms with Crippen LogP contribution in [0.4, 0.5) is 5.13 Å². The van der Waals surface area contributed by atoms with E-state index < -0.39 is 0 Å². The van der Waals surface area contributed by atoms with Crippen molar-refractivity contribution >= 4 is 16.5 Å². The highest BCUT2D eigenvalue weighted by molar-refractivity contribution is 7.15. The Morgan fingerprint density at radius 2 is 2.50 bits per heavy atom. The van der Waals surface area contributed by atoms with Gasteiger partial charge < -0.3 is 10.6 Å². The van der Waals surface area contributed by atoms with E-state index in [2.05, 4.69) is 23.4 Å². The van der Waals surface area contributed by atoms with Gasteiger partial charge in [0.1, 0.15) is 0 Å². The Morgan fingerprint density at radius 3 is 3.19 bits per heavy atom. The number of aryl methyl sites for hydroxylation is 1. The molecule has 0 saturated carbocycles. The number of nitrogens with zero attached hydrogens (tertiary/aromatic N) is 2. The second-order valence-corrected chi connectivity index (χ2v) is 5.35. The van der Waals surface area contributed by atoms with Gasteiger partial charge in [0, 0.05) is 23.9 Å². The highest BCUT2D eigenvalue weighted by atomic mass is 32.1. The second-order valence-electron chi connectivity index (χ2n) is 4.24. The van der Waals surface area contributed by atoms with E-state index in [1.807, 2.05) is 6.20 Å². The Balaban J connectivity index is 2.08. The fourth-order valence-electron chi connectivity index (χ4n) is 2.34. The number of nitrogen functional groups attached to an aromatic ring is 1. The van der Waals surface area contributed by atoms with E-state index in [-0.39, 0.29) is 0 Å². The minimum absolute atomic E-state index is 0.588. The van der Waals surface area contributed by atoms with Gasteiger partial charge in [-0.1, -0.05) is 13.5 Å². The van der Waals surface area contributed by atoms with Crippen molar-refractivity contribution in [2.24, 2.45) is 0 Å². The number of fused-ring (bicyclic) bond motifs is 1. The third-order valence-electron chi connectivity index (χ3n) is 3.12. The highest BCUT2D eigenvalue weighted by Crippen LogP contribution is 2.30. The molecule has 2 N–H and O–H groups in total.